The van der Waals surface area contributed by atoms with E-state index in [2.05, 4.69) is 6.92 Å². The summed E-state index contributed by atoms with van der Waals surface area (Å²) in [6.45, 7) is 2.71. The summed E-state index contributed by atoms with van der Waals surface area (Å²) in [5, 5.41) is 0. The van der Waals surface area contributed by atoms with Gasteiger partial charge >= 0.3 is 0 Å². The van der Waals surface area contributed by atoms with Crippen LogP contribution in [0.4, 0.5) is 5.69 Å². The van der Waals surface area contributed by atoms with Gasteiger partial charge in [0.1, 0.15) is 23.3 Å². The molecule has 1 fully saturated rings. The number of rotatable bonds is 9. The summed E-state index contributed by atoms with van der Waals surface area (Å²) in [4.78, 5) is 42.9. The molecule has 2 aliphatic heterocycles. The quantitative estimate of drug-likeness (QED) is 0.242. The molecule has 3 amide bonds. The molecule has 190 valence electrons. The van der Waals surface area contributed by atoms with Crippen LogP contribution in [0.2, 0.25) is 0 Å². The van der Waals surface area contributed by atoms with Crippen LogP contribution in [0.1, 0.15) is 52.1 Å². The van der Waals surface area contributed by atoms with Gasteiger partial charge in [0, 0.05) is 6.07 Å². The number of anilines is 1. The second-order valence-electron chi connectivity index (χ2n) is 8.93. The molecule has 0 N–H and O–H groups in total. The maximum absolute atomic E-state index is 13.7. The zero-order valence-corrected chi connectivity index (χ0v) is 21.0. The lowest BCUT2D eigenvalue weighted by atomic mass is 9.86. The molecule has 2 atom stereocenters. The van der Waals surface area contributed by atoms with Crippen LogP contribution in [0.3, 0.4) is 0 Å². The van der Waals surface area contributed by atoms with Gasteiger partial charge in [-0.25, -0.2) is 0 Å². The van der Waals surface area contributed by atoms with Gasteiger partial charge in [0.25, 0.3) is 17.7 Å². The third kappa shape index (κ3) is 4.08. The fourth-order valence-corrected chi connectivity index (χ4v) is 4.87. The predicted octanol–water partition coefficient (Wildman–Crippen LogP) is 4.64. The Balaban J connectivity index is 1.54. The van der Waals surface area contributed by atoms with Crippen LogP contribution in [-0.4, -0.2) is 49.5 Å². The van der Waals surface area contributed by atoms with Gasteiger partial charge in [-0.15, -0.1) is 0 Å². The minimum atomic E-state index is -0.994. The molecule has 0 spiro atoms. The SMILES string of the molecule is CCCCOc1ccc([C@@H]2[C@@H](N3C(=O)c4ccccc4C3=O)C(=O)N2c2ccc(OC)cc2OC)cc1. The van der Waals surface area contributed by atoms with Crippen LogP contribution >= 0.6 is 0 Å². The Morgan fingerprint density at radius 2 is 1.41 bits per heavy atom. The number of benzene rings is 3. The molecule has 0 unspecified atom stereocenters. The number of fused-ring (bicyclic) bond motifs is 1. The Kier molecular flexibility index (Phi) is 6.56. The Morgan fingerprint density at radius 1 is 0.757 bits per heavy atom. The highest BCUT2D eigenvalue weighted by molar-refractivity contribution is 6.24. The average molecular weight is 501 g/mol. The van der Waals surface area contributed by atoms with Crippen molar-refractivity contribution in [3.8, 4) is 17.2 Å². The van der Waals surface area contributed by atoms with Crippen molar-refractivity contribution in [2.75, 3.05) is 25.7 Å². The lowest BCUT2D eigenvalue weighted by Gasteiger charge is -2.50. The monoisotopic (exact) mass is 500 g/mol. The Morgan fingerprint density at radius 3 is 2.00 bits per heavy atom. The molecular weight excluding hydrogens is 472 g/mol. The van der Waals surface area contributed by atoms with E-state index < -0.39 is 23.9 Å². The highest BCUT2D eigenvalue weighted by Gasteiger charge is 2.57. The molecule has 5 rings (SSSR count). The Labute approximate surface area is 215 Å². The van der Waals surface area contributed by atoms with Crippen LogP contribution in [0.25, 0.3) is 0 Å². The maximum atomic E-state index is 13.7. The smallest absolute Gasteiger partial charge is 0.262 e. The average Bonchev–Trinajstić information content (AvgIpc) is 3.17. The summed E-state index contributed by atoms with van der Waals surface area (Å²) in [6.07, 6.45) is 1.98. The number of amides is 3. The van der Waals surface area contributed by atoms with E-state index in [0.717, 1.165) is 23.3 Å². The number of hydrogen-bond acceptors (Lipinski definition) is 6. The van der Waals surface area contributed by atoms with Crippen LogP contribution in [0.5, 0.6) is 17.2 Å². The summed E-state index contributed by atoms with van der Waals surface area (Å²) in [5.74, 6) is 0.434. The first kappa shape index (κ1) is 24.4. The number of ether oxygens (including phenoxy) is 3. The summed E-state index contributed by atoms with van der Waals surface area (Å²) in [7, 11) is 3.07. The molecule has 0 saturated carbocycles. The van der Waals surface area contributed by atoms with Gasteiger partial charge in [-0.1, -0.05) is 37.6 Å². The van der Waals surface area contributed by atoms with Gasteiger partial charge in [-0.2, -0.15) is 0 Å². The molecule has 1 saturated heterocycles. The standard InChI is InChI=1S/C29H28N2O6/c1-4-5-16-37-19-12-10-18(11-13-19)25-26(31-27(32)21-8-6-7-9-22(21)28(31)33)29(34)30(25)23-15-14-20(35-2)17-24(23)36-3/h6-15,17,25-26H,4-5,16H2,1-3H3/t25-,26-/m1/s1. The fraction of sp³-hybridized carbons (Fsp3) is 0.276. The molecule has 8 heteroatoms. The Bertz CT molecular complexity index is 1320. The third-order valence-electron chi connectivity index (χ3n) is 6.81. The van der Waals surface area contributed by atoms with Crippen LogP contribution in [0.15, 0.2) is 66.7 Å². The lowest BCUT2D eigenvalue weighted by molar-refractivity contribution is -0.130. The number of hydrogen-bond donors (Lipinski definition) is 0. The molecule has 0 radical (unpaired) electrons. The predicted molar refractivity (Wildman–Crippen MR) is 137 cm³/mol. The van der Waals surface area contributed by atoms with Gasteiger partial charge < -0.3 is 14.2 Å². The molecule has 2 aliphatic rings. The van der Waals surface area contributed by atoms with Crippen molar-refractivity contribution >= 4 is 23.4 Å². The zero-order chi connectivity index (χ0) is 26.1. The highest BCUT2D eigenvalue weighted by Crippen LogP contribution is 2.47. The topological polar surface area (TPSA) is 85.4 Å². The lowest BCUT2D eigenvalue weighted by Crippen LogP contribution is -2.67. The van der Waals surface area contributed by atoms with Crippen LogP contribution in [0, 0.1) is 0 Å². The number of imide groups is 1. The number of nitrogens with zero attached hydrogens (tertiary/aromatic N) is 2. The second-order valence-corrected chi connectivity index (χ2v) is 8.93. The highest BCUT2D eigenvalue weighted by atomic mass is 16.5. The fourth-order valence-electron chi connectivity index (χ4n) is 4.87. The van der Waals surface area contributed by atoms with Crippen LogP contribution in [-0.2, 0) is 4.79 Å². The van der Waals surface area contributed by atoms with E-state index >= 15 is 0 Å². The van der Waals surface area contributed by atoms with E-state index in [4.69, 9.17) is 14.2 Å². The molecule has 2 heterocycles. The van der Waals surface area contributed by atoms with Gasteiger partial charge in [0.05, 0.1) is 43.7 Å². The Hall–Kier alpha value is -4.33. The summed E-state index contributed by atoms with van der Waals surface area (Å²) in [6, 6.07) is 17.6. The van der Waals surface area contributed by atoms with E-state index in [9.17, 15) is 14.4 Å². The molecule has 3 aromatic carbocycles. The molecule has 8 nitrogen and oxygen atoms in total. The van der Waals surface area contributed by atoms with E-state index in [1.165, 1.54) is 7.11 Å². The van der Waals surface area contributed by atoms with E-state index in [1.54, 1.807) is 54.5 Å². The minimum Gasteiger partial charge on any atom is -0.497 e. The summed E-state index contributed by atoms with van der Waals surface area (Å²) < 4.78 is 16.7. The van der Waals surface area contributed by atoms with Gasteiger partial charge in [-0.3, -0.25) is 24.2 Å². The maximum Gasteiger partial charge on any atom is 0.262 e. The van der Waals surface area contributed by atoms with Crippen molar-refractivity contribution in [2.45, 2.75) is 31.8 Å². The molecule has 0 bridgehead atoms. The minimum absolute atomic E-state index is 0.305. The second kappa shape index (κ2) is 9.97. The van der Waals surface area contributed by atoms with Gasteiger partial charge in [-0.05, 0) is 48.4 Å². The molecule has 0 aromatic heterocycles. The van der Waals surface area contributed by atoms with E-state index in [0.29, 0.717) is 40.7 Å². The number of β-lactam (4-membered cyclic amide) rings is 1. The summed E-state index contributed by atoms with van der Waals surface area (Å²) >= 11 is 0. The van der Waals surface area contributed by atoms with E-state index in [-0.39, 0.29) is 5.91 Å². The summed E-state index contributed by atoms with van der Waals surface area (Å²) in [5.41, 5.74) is 1.90. The van der Waals surface area contributed by atoms with Crippen molar-refractivity contribution in [2.24, 2.45) is 0 Å². The number of carbonyl (C=O) groups is 3. The van der Waals surface area contributed by atoms with Crippen molar-refractivity contribution in [3.05, 3.63) is 83.4 Å². The first-order valence-electron chi connectivity index (χ1n) is 12.2. The number of carbonyl (C=O) groups excluding carboxylic acids is 3. The molecule has 0 aliphatic carbocycles. The van der Waals surface area contributed by atoms with Gasteiger partial charge in [0.2, 0.25) is 0 Å². The van der Waals surface area contributed by atoms with Crippen molar-refractivity contribution in [1.29, 1.82) is 0 Å². The normalized spacial score (nSPS) is 18.5. The zero-order valence-electron chi connectivity index (χ0n) is 21.0. The van der Waals surface area contributed by atoms with Crippen molar-refractivity contribution in [1.82, 2.24) is 4.90 Å². The number of unbranched alkanes of at least 4 members (excludes halogenated alkanes) is 1. The third-order valence-corrected chi connectivity index (χ3v) is 6.81. The first-order valence-corrected chi connectivity index (χ1v) is 12.2. The van der Waals surface area contributed by atoms with Crippen molar-refractivity contribution in [3.63, 3.8) is 0 Å². The van der Waals surface area contributed by atoms with Crippen LogP contribution < -0.4 is 19.1 Å². The van der Waals surface area contributed by atoms with E-state index in [1.807, 2.05) is 24.3 Å². The number of methoxy groups -OCH3 is 2. The molecular formula is C29H28N2O6. The molecule has 37 heavy (non-hydrogen) atoms. The largest absolute Gasteiger partial charge is 0.497 e. The molecule has 3 aromatic rings. The first-order chi connectivity index (χ1) is 18.0. The van der Waals surface area contributed by atoms with Crippen molar-refractivity contribution < 1.29 is 28.6 Å². The van der Waals surface area contributed by atoms with Gasteiger partial charge in [0.15, 0.2) is 0 Å².